The molecule has 2 unspecified atom stereocenters. The molecule has 1 nitrogen and oxygen atoms in total. The molecule has 0 fully saturated rings. The van der Waals surface area contributed by atoms with Gasteiger partial charge in [0.15, 0.2) is 0 Å². The van der Waals surface area contributed by atoms with Crippen molar-refractivity contribution in [2.45, 2.75) is 38.8 Å². The zero-order chi connectivity index (χ0) is 23.8. The third-order valence-corrected chi connectivity index (χ3v) is 11.8. The SMILES string of the molecule is CCCN(C(C)P(c1ccccc1)c1ccccc1)C(C)P(c1ccccc1)c1ccccc1. The fraction of sp³-hybridized carbons (Fsp3) is 0.226. The quantitative estimate of drug-likeness (QED) is 0.228. The summed E-state index contributed by atoms with van der Waals surface area (Å²) in [5.41, 5.74) is 0. The summed E-state index contributed by atoms with van der Waals surface area (Å²) >= 11 is 0. The van der Waals surface area contributed by atoms with Gasteiger partial charge in [-0.15, -0.1) is 0 Å². The summed E-state index contributed by atoms with van der Waals surface area (Å²) in [4.78, 5) is 2.80. The first kappa shape index (κ1) is 24.8. The van der Waals surface area contributed by atoms with Crippen LogP contribution >= 0.6 is 15.8 Å². The number of hydrogen-bond donors (Lipinski definition) is 0. The Morgan fingerprint density at radius 1 is 0.500 bits per heavy atom. The Hall–Kier alpha value is -2.30. The van der Waals surface area contributed by atoms with Gasteiger partial charge in [0.05, 0.1) is 0 Å². The predicted molar refractivity (Wildman–Crippen MR) is 154 cm³/mol. The Morgan fingerprint density at radius 3 is 1.00 bits per heavy atom. The lowest BCUT2D eigenvalue weighted by atomic mass is 10.4. The Kier molecular flexibility index (Phi) is 9.06. The number of hydrogen-bond acceptors (Lipinski definition) is 1. The molecule has 2 atom stereocenters. The lowest BCUT2D eigenvalue weighted by Gasteiger charge is -2.42. The second-order valence-electron chi connectivity index (χ2n) is 8.58. The van der Waals surface area contributed by atoms with Crippen molar-refractivity contribution < 1.29 is 0 Å². The molecule has 0 saturated carbocycles. The lowest BCUT2D eigenvalue weighted by Crippen LogP contribution is -2.44. The van der Waals surface area contributed by atoms with Crippen molar-refractivity contribution in [3.63, 3.8) is 0 Å². The van der Waals surface area contributed by atoms with E-state index in [9.17, 15) is 0 Å². The molecule has 0 aliphatic rings. The number of rotatable bonds is 10. The summed E-state index contributed by atoms with van der Waals surface area (Å²) in [6.45, 7) is 8.33. The monoisotopic (exact) mass is 483 g/mol. The third kappa shape index (κ3) is 5.84. The van der Waals surface area contributed by atoms with Crippen LogP contribution in [-0.2, 0) is 0 Å². The minimum absolute atomic E-state index is 0.423. The normalized spacial score (nSPS) is 13.4. The van der Waals surface area contributed by atoms with Gasteiger partial charge in [0, 0.05) is 11.6 Å². The first-order chi connectivity index (χ1) is 16.7. The molecule has 0 N–H and O–H groups in total. The summed E-state index contributed by atoms with van der Waals surface area (Å²) in [5.74, 6) is 0.847. The highest BCUT2D eigenvalue weighted by molar-refractivity contribution is 7.74. The maximum Gasteiger partial charge on any atom is 0.0356 e. The van der Waals surface area contributed by atoms with Gasteiger partial charge in [-0.25, -0.2) is 0 Å². The average molecular weight is 484 g/mol. The van der Waals surface area contributed by atoms with E-state index in [4.69, 9.17) is 0 Å². The molecule has 0 saturated heterocycles. The van der Waals surface area contributed by atoms with E-state index in [1.165, 1.54) is 21.2 Å². The summed E-state index contributed by atoms with van der Waals surface area (Å²) in [7, 11) is -1.04. The molecule has 0 aliphatic carbocycles. The minimum Gasteiger partial charge on any atom is -0.289 e. The molecule has 34 heavy (non-hydrogen) atoms. The van der Waals surface area contributed by atoms with Gasteiger partial charge in [-0.1, -0.05) is 128 Å². The van der Waals surface area contributed by atoms with Gasteiger partial charge in [-0.05, 0) is 63.9 Å². The van der Waals surface area contributed by atoms with E-state index < -0.39 is 15.8 Å². The Morgan fingerprint density at radius 2 is 0.765 bits per heavy atom. The van der Waals surface area contributed by atoms with Gasteiger partial charge in [0.1, 0.15) is 0 Å². The fourth-order valence-electron chi connectivity index (χ4n) is 4.76. The summed E-state index contributed by atoms with van der Waals surface area (Å²) in [6.07, 6.45) is 1.15. The van der Waals surface area contributed by atoms with Gasteiger partial charge >= 0.3 is 0 Å². The van der Waals surface area contributed by atoms with Crippen LogP contribution < -0.4 is 21.2 Å². The highest BCUT2D eigenvalue weighted by Gasteiger charge is 2.33. The van der Waals surface area contributed by atoms with E-state index in [1.54, 1.807) is 0 Å². The third-order valence-electron chi connectivity index (χ3n) is 6.33. The van der Waals surface area contributed by atoms with Crippen molar-refractivity contribution in [3.8, 4) is 0 Å². The zero-order valence-corrected chi connectivity index (χ0v) is 22.2. The highest BCUT2D eigenvalue weighted by Crippen LogP contribution is 2.47. The van der Waals surface area contributed by atoms with Gasteiger partial charge in [0.25, 0.3) is 0 Å². The second-order valence-corrected chi connectivity index (χ2v) is 13.6. The van der Waals surface area contributed by atoms with Crippen LogP contribution in [-0.4, -0.2) is 23.0 Å². The van der Waals surface area contributed by atoms with E-state index in [2.05, 4.69) is 147 Å². The lowest BCUT2D eigenvalue weighted by molar-refractivity contribution is 0.255. The van der Waals surface area contributed by atoms with E-state index in [0.717, 1.165) is 13.0 Å². The summed E-state index contributed by atoms with van der Waals surface area (Å²) < 4.78 is 0. The molecule has 3 heteroatoms. The van der Waals surface area contributed by atoms with Crippen molar-refractivity contribution >= 4 is 37.1 Å². The summed E-state index contributed by atoms with van der Waals surface area (Å²) in [5, 5.41) is 5.81. The van der Waals surface area contributed by atoms with Crippen LogP contribution in [0.5, 0.6) is 0 Å². The Balaban J connectivity index is 1.76. The Bertz CT molecular complexity index is 935. The molecule has 0 spiro atoms. The van der Waals surface area contributed by atoms with Crippen LogP contribution in [0.2, 0.25) is 0 Å². The van der Waals surface area contributed by atoms with Gasteiger partial charge in [0.2, 0.25) is 0 Å². The van der Waals surface area contributed by atoms with Crippen molar-refractivity contribution in [2.75, 3.05) is 6.54 Å². The number of benzene rings is 4. The molecular formula is C31H35NP2. The fourth-order valence-corrected chi connectivity index (χ4v) is 10.4. The molecule has 0 amide bonds. The largest absolute Gasteiger partial charge is 0.289 e. The molecule has 0 bridgehead atoms. The molecule has 4 rings (SSSR count). The molecule has 0 aliphatic heterocycles. The predicted octanol–water partition coefficient (Wildman–Crippen LogP) is 6.66. The molecular weight excluding hydrogens is 448 g/mol. The molecule has 0 aromatic heterocycles. The van der Waals surface area contributed by atoms with E-state index in [1.807, 2.05) is 0 Å². The average Bonchev–Trinajstić information content (AvgIpc) is 2.90. The van der Waals surface area contributed by atoms with Gasteiger partial charge in [-0.3, -0.25) is 4.90 Å². The van der Waals surface area contributed by atoms with Crippen LogP contribution in [0, 0.1) is 0 Å². The van der Waals surface area contributed by atoms with Crippen LogP contribution in [0.1, 0.15) is 27.2 Å². The minimum atomic E-state index is -0.522. The van der Waals surface area contributed by atoms with E-state index >= 15 is 0 Å². The maximum absolute atomic E-state index is 2.80. The number of nitrogens with zero attached hydrogens (tertiary/aromatic N) is 1. The molecule has 174 valence electrons. The topological polar surface area (TPSA) is 3.24 Å². The second kappa shape index (κ2) is 12.4. The van der Waals surface area contributed by atoms with Crippen LogP contribution in [0.25, 0.3) is 0 Å². The van der Waals surface area contributed by atoms with Crippen molar-refractivity contribution in [2.24, 2.45) is 0 Å². The maximum atomic E-state index is 2.80. The zero-order valence-electron chi connectivity index (χ0n) is 20.5. The first-order valence-corrected chi connectivity index (χ1v) is 15.1. The molecule has 4 aromatic carbocycles. The van der Waals surface area contributed by atoms with Crippen molar-refractivity contribution in [1.29, 1.82) is 0 Å². The summed E-state index contributed by atoms with van der Waals surface area (Å²) in [6, 6.07) is 44.6. The first-order valence-electron chi connectivity index (χ1n) is 12.2. The van der Waals surface area contributed by atoms with Gasteiger partial charge in [-0.2, -0.15) is 0 Å². The van der Waals surface area contributed by atoms with Crippen molar-refractivity contribution in [1.82, 2.24) is 4.90 Å². The Labute approximate surface area is 208 Å². The van der Waals surface area contributed by atoms with Crippen LogP contribution in [0.15, 0.2) is 121 Å². The van der Waals surface area contributed by atoms with Crippen molar-refractivity contribution in [3.05, 3.63) is 121 Å². The van der Waals surface area contributed by atoms with E-state index in [-0.39, 0.29) is 0 Å². The highest BCUT2D eigenvalue weighted by atomic mass is 31.1. The molecule has 0 radical (unpaired) electrons. The molecule has 4 aromatic rings. The smallest absolute Gasteiger partial charge is 0.0356 e. The van der Waals surface area contributed by atoms with Crippen LogP contribution in [0.4, 0.5) is 0 Å². The molecule has 0 heterocycles. The van der Waals surface area contributed by atoms with Gasteiger partial charge < -0.3 is 0 Å². The van der Waals surface area contributed by atoms with Crippen LogP contribution in [0.3, 0.4) is 0 Å². The standard InChI is InChI=1S/C31H35NP2/c1-4-25-32(26(2)33(28-17-9-5-10-18-28)29-19-11-6-12-20-29)27(3)34(30-21-13-7-14-22-30)31-23-15-8-16-24-31/h5-24,26-27H,4,25H2,1-3H3. The van der Waals surface area contributed by atoms with E-state index in [0.29, 0.717) is 11.6 Å².